The van der Waals surface area contributed by atoms with Gasteiger partial charge in [0.2, 0.25) is 65.0 Å². The average molecular weight is 1300 g/mol. The van der Waals surface area contributed by atoms with Crippen molar-refractivity contribution in [3.8, 4) is 5.75 Å². The van der Waals surface area contributed by atoms with E-state index < -0.39 is 204 Å². The van der Waals surface area contributed by atoms with Crippen LogP contribution in [0.25, 0.3) is 0 Å². The van der Waals surface area contributed by atoms with Gasteiger partial charge in [0.05, 0.1) is 31.2 Å². The van der Waals surface area contributed by atoms with Gasteiger partial charge < -0.3 is 106 Å². The molecular weight excluding hydrogens is 1200 g/mol. The Morgan fingerprint density at radius 1 is 0.418 bits per heavy atom. The van der Waals surface area contributed by atoms with Crippen LogP contribution >= 0.6 is 0 Å². The average Bonchev–Trinajstić information content (AvgIpc) is 0.978. The molecule has 16 atom stereocenters. The number of aliphatic hydroxyl groups is 3. The normalized spacial score (nSPS) is 16.5. The summed E-state index contributed by atoms with van der Waals surface area (Å²) < 4.78 is 0. The van der Waals surface area contributed by atoms with Gasteiger partial charge in [0.15, 0.2) is 6.04 Å². The molecule has 0 bridgehead atoms. The van der Waals surface area contributed by atoms with Gasteiger partial charge in [-0.15, -0.1) is 0 Å². The molecule has 0 heterocycles. The molecule has 1 rings (SSSR count). The summed E-state index contributed by atoms with van der Waals surface area (Å²) in [4.78, 5) is 186. The summed E-state index contributed by atoms with van der Waals surface area (Å²) >= 11 is 0. The summed E-state index contributed by atoms with van der Waals surface area (Å²) in [5.41, 5.74) is 11.7. The number of carboxylic acids is 3. The molecule has 34 nitrogen and oxygen atoms in total. The first-order valence-corrected chi connectivity index (χ1v) is 29.6. The second-order valence-electron chi connectivity index (χ2n) is 22.9. The van der Waals surface area contributed by atoms with Crippen LogP contribution in [0.15, 0.2) is 24.3 Å². The zero-order valence-electron chi connectivity index (χ0n) is 52.9. The molecular formula is C57H93N13O21. The van der Waals surface area contributed by atoms with E-state index in [1.165, 1.54) is 72.7 Å². The van der Waals surface area contributed by atoms with E-state index in [9.17, 15) is 103 Å². The van der Waals surface area contributed by atoms with Crippen LogP contribution in [-0.2, 0) is 73.5 Å². The van der Waals surface area contributed by atoms with Crippen LogP contribution in [0.3, 0.4) is 0 Å². The molecule has 34 heteroatoms. The van der Waals surface area contributed by atoms with Gasteiger partial charge in [-0.05, 0) is 95.9 Å². The van der Waals surface area contributed by atoms with Crippen molar-refractivity contribution in [2.75, 3.05) is 6.54 Å². The number of aromatic hydroxyl groups is 1. The zero-order valence-corrected chi connectivity index (χ0v) is 52.9. The predicted octanol–water partition coefficient (Wildman–Crippen LogP) is -5.70. The maximum absolute atomic E-state index is 14.2. The van der Waals surface area contributed by atoms with E-state index in [1.54, 1.807) is 13.8 Å². The molecule has 0 saturated carbocycles. The number of phenols is 1. The second-order valence-corrected chi connectivity index (χ2v) is 22.9. The number of carbonyl (C=O) groups excluding carboxylic acids is 11. The Morgan fingerprint density at radius 3 is 1.22 bits per heavy atom. The van der Waals surface area contributed by atoms with E-state index in [0.717, 1.165) is 13.8 Å². The second kappa shape index (κ2) is 38.8. The van der Waals surface area contributed by atoms with Crippen molar-refractivity contribution in [3.63, 3.8) is 0 Å². The minimum absolute atomic E-state index is 0.113. The molecule has 0 aliphatic heterocycles. The Morgan fingerprint density at radius 2 is 0.780 bits per heavy atom. The van der Waals surface area contributed by atoms with Crippen molar-refractivity contribution < 1.29 is 103 Å². The Bertz CT molecular complexity index is 2690. The minimum atomic E-state index is -2.00. The summed E-state index contributed by atoms with van der Waals surface area (Å²) in [5.74, 6) is -18.9. The number of amides is 11. The molecule has 512 valence electrons. The van der Waals surface area contributed by atoms with Crippen molar-refractivity contribution in [3.05, 3.63) is 29.8 Å². The quantitative estimate of drug-likeness (QED) is 0.0272. The predicted molar refractivity (Wildman–Crippen MR) is 322 cm³/mol. The van der Waals surface area contributed by atoms with Crippen molar-refractivity contribution >= 4 is 82.9 Å². The number of nitrogens with two attached hydrogens (primary N) is 2. The van der Waals surface area contributed by atoms with E-state index in [0.29, 0.717) is 5.56 Å². The molecule has 0 aromatic heterocycles. The van der Waals surface area contributed by atoms with Gasteiger partial charge in [-0.2, -0.15) is 0 Å². The van der Waals surface area contributed by atoms with Crippen molar-refractivity contribution in [1.29, 1.82) is 0 Å². The van der Waals surface area contributed by atoms with Crippen LogP contribution in [0.5, 0.6) is 5.75 Å². The van der Waals surface area contributed by atoms with E-state index >= 15 is 0 Å². The molecule has 0 aliphatic rings. The number of aliphatic carboxylic acids is 3. The lowest BCUT2D eigenvalue weighted by Gasteiger charge is -2.31. The number of rotatable bonds is 40. The molecule has 0 saturated heterocycles. The van der Waals surface area contributed by atoms with Crippen LogP contribution in [0.4, 0.5) is 0 Å². The summed E-state index contributed by atoms with van der Waals surface area (Å²) in [6, 6.07) is -14.1. The van der Waals surface area contributed by atoms with E-state index in [4.69, 9.17) is 11.5 Å². The van der Waals surface area contributed by atoms with Gasteiger partial charge in [-0.25, -0.2) is 4.79 Å². The fourth-order valence-corrected chi connectivity index (χ4v) is 8.51. The smallest absolute Gasteiger partial charge is 0.328 e. The fourth-order valence-electron chi connectivity index (χ4n) is 8.51. The third kappa shape index (κ3) is 27.6. The first-order valence-electron chi connectivity index (χ1n) is 29.6. The van der Waals surface area contributed by atoms with Crippen molar-refractivity contribution in [2.45, 2.75) is 212 Å². The van der Waals surface area contributed by atoms with Crippen LogP contribution in [0.1, 0.15) is 120 Å². The summed E-state index contributed by atoms with van der Waals surface area (Å²) in [6.45, 7) is 15.2. The lowest BCUT2D eigenvalue weighted by atomic mass is 9.95. The molecule has 1 aromatic rings. The van der Waals surface area contributed by atoms with Gasteiger partial charge in [0.1, 0.15) is 72.2 Å². The van der Waals surface area contributed by atoms with Crippen LogP contribution in [0.2, 0.25) is 0 Å². The Balaban J connectivity index is 3.48. The van der Waals surface area contributed by atoms with Crippen LogP contribution in [0, 0.1) is 17.8 Å². The van der Waals surface area contributed by atoms with E-state index in [-0.39, 0.29) is 44.4 Å². The number of hydrogen-bond acceptors (Lipinski definition) is 20. The molecule has 0 aliphatic carbocycles. The summed E-state index contributed by atoms with van der Waals surface area (Å²) in [6.07, 6.45) is -6.43. The number of carbonyl (C=O) groups is 14. The molecule has 0 unspecified atom stereocenters. The van der Waals surface area contributed by atoms with Gasteiger partial charge in [-0.3, -0.25) is 62.3 Å². The number of unbranched alkanes of at least 4 members (excludes halogenated alkanes) is 1. The fraction of sp³-hybridized carbons (Fsp3) is 0.649. The first-order chi connectivity index (χ1) is 42.3. The zero-order chi connectivity index (χ0) is 69.9. The Hall–Kier alpha value is -8.60. The highest BCUT2D eigenvalue weighted by molar-refractivity contribution is 6.00. The van der Waals surface area contributed by atoms with E-state index in [1.807, 2.05) is 0 Å². The minimum Gasteiger partial charge on any atom is -0.508 e. The third-order valence-electron chi connectivity index (χ3n) is 14.3. The molecule has 0 radical (unpaired) electrons. The number of benzene rings is 1. The third-order valence-corrected chi connectivity index (χ3v) is 14.3. The maximum atomic E-state index is 14.2. The van der Waals surface area contributed by atoms with Gasteiger partial charge in [0.25, 0.3) is 0 Å². The highest BCUT2D eigenvalue weighted by Gasteiger charge is 2.39. The lowest BCUT2D eigenvalue weighted by molar-refractivity contribution is -0.145. The largest absolute Gasteiger partial charge is 0.508 e. The number of aliphatic hydroxyl groups excluding tert-OH is 3. The van der Waals surface area contributed by atoms with Crippen molar-refractivity contribution in [2.24, 2.45) is 29.2 Å². The molecule has 1 aromatic carbocycles. The number of nitrogens with one attached hydrogen (secondary N) is 11. The molecule has 11 amide bonds. The Labute approximate surface area is 526 Å². The molecule has 0 fully saturated rings. The van der Waals surface area contributed by atoms with Gasteiger partial charge >= 0.3 is 17.9 Å². The number of phenolic OH excluding ortho intramolecular Hbond substituents is 1. The summed E-state index contributed by atoms with van der Waals surface area (Å²) in [5, 5.41) is 94.7. The lowest BCUT2D eigenvalue weighted by Crippen LogP contribution is -2.63. The van der Waals surface area contributed by atoms with Gasteiger partial charge in [0, 0.05) is 6.42 Å². The highest BCUT2D eigenvalue weighted by atomic mass is 16.4. The van der Waals surface area contributed by atoms with Crippen LogP contribution < -0.4 is 70.0 Å². The highest BCUT2D eigenvalue weighted by Crippen LogP contribution is 2.15. The van der Waals surface area contributed by atoms with Crippen LogP contribution in [-0.4, -0.2) is 216 Å². The monoisotopic (exact) mass is 1300 g/mol. The number of hydrogen-bond donors (Lipinski definition) is 20. The van der Waals surface area contributed by atoms with E-state index in [2.05, 4.69) is 58.5 Å². The van der Waals surface area contributed by atoms with Gasteiger partial charge in [-0.1, -0.05) is 60.1 Å². The topological polar surface area (TPSA) is 565 Å². The standard InChI is InChI=1S/C57H93N13O21/c1-12-26(6)43(68-56(89)44(30(10)72)69-52(85)40(59)29(9)71)55(88)67-41(24(2)3)53(86)65-36(22-38(75)76)50(83)60-27(7)46(79)63-37(23-39(77)78)51(84)62-34(15-13-14-20-58)48(81)64-35(21-32-16-18-33(74)19-17-32)49(82)61-28(8)47(80)66-42(25(4)5)54(87)70-45(31(11)73)57(90)91/h16-19,24-31,34-37,40-45,71-74H,12-15,20-23,58-59H2,1-11H3,(H,60,83)(H,61,82)(H,62,84)(H,63,79)(H,64,81)(H,65,86)(H,66,80)(H,67,88)(H,68,89)(H,69,85)(H,70,87)(H,75,76)(H,77,78)(H,90,91)/t26-,27-,28-,29+,30+,31+,34-,35-,36-,37-,40-,41-,42-,43-,44-,45-/m0/s1. The van der Waals surface area contributed by atoms with Crippen molar-refractivity contribution in [1.82, 2.24) is 58.5 Å². The molecule has 0 spiro atoms. The maximum Gasteiger partial charge on any atom is 0.328 e. The SMILES string of the molecule is CC[C@H](C)[C@H](NC(=O)[C@@H](NC(=O)[C@@H](N)[C@@H](C)O)[C@@H](C)O)C(=O)N[C@H](C(=O)N[C@@H](CC(=O)O)C(=O)N[C@@H](C)C(=O)N[C@@H](CC(=O)O)C(=O)N[C@@H](CCCCN)C(=O)N[C@@H](Cc1ccc(O)cc1)C(=O)N[C@@H](C)C(=O)N[C@H](C(=O)N[C@H](C(=O)O)[C@@H](C)O)C(C)C)C(C)C. The number of carboxylic acid groups (broad SMARTS) is 3. The molecule has 91 heavy (non-hydrogen) atoms. The molecule has 22 N–H and O–H groups in total. The summed E-state index contributed by atoms with van der Waals surface area (Å²) in [7, 11) is 0. The first kappa shape index (κ1) is 80.4. The Kier molecular flexibility index (Phi) is 34.3.